The average Bonchev–Trinajstić information content (AvgIpc) is 3.51. The first-order chi connectivity index (χ1) is 13.3. The molecule has 0 atom stereocenters. The van der Waals surface area contributed by atoms with Crippen LogP contribution in [-0.4, -0.2) is 12.3 Å². The third-order valence-corrected chi connectivity index (χ3v) is 5.05. The summed E-state index contributed by atoms with van der Waals surface area (Å²) in [4.78, 5) is 0. The lowest BCUT2D eigenvalue weighted by atomic mass is 10.0. The number of aryl methyl sites for hydroxylation is 1. The summed E-state index contributed by atoms with van der Waals surface area (Å²) in [5.41, 5.74) is 2.43. The fourth-order valence-electron chi connectivity index (χ4n) is 3.12. The van der Waals surface area contributed by atoms with Crippen LogP contribution < -0.4 is 10.1 Å². The van der Waals surface area contributed by atoms with Gasteiger partial charge in [0, 0.05) is 11.3 Å². The molecule has 0 aromatic heterocycles. The molecule has 3 nitrogen and oxygen atoms in total. The van der Waals surface area contributed by atoms with Crippen LogP contribution in [0.4, 0.5) is 18.9 Å². The molecule has 0 spiro atoms. The predicted molar refractivity (Wildman–Crippen MR) is 107 cm³/mol. The number of alkyl halides is 3. The van der Waals surface area contributed by atoms with Gasteiger partial charge in [0.2, 0.25) is 0 Å². The minimum atomic E-state index is -4.48. The van der Waals surface area contributed by atoms with Gasteiger partial charge in [-0.1, -0.05) is 25.1 Å². The number of hydrogen-bond acceptors (Lipinski definition) is 3. The van der Waals surface area contributed by atoms with Gasteiger partial charge in [0.1, 0.15) is 12.4 Å². The van der Waals surface area contributed by atoms with E-state index < -0.39 is 11.7 Å². The fraction of sp³-hybridized carbons (Fsp3) is 0.381. The van der Waals surface area contributed by atoms with Gasteiger partial charge in [0.15, 0.2) is 0 Å². The van der Waals surface area contributed by atoms with Gasteiger partial charge < -0.3 is 14.8 Å². The molecule has 0 saturated heterocycles. The van der Waals surface area contributed by atoms with Gasteiger partial charge in [-0.2, -0.15) is 13.2 Å². The summed E-state index contributed by atoms with van der Waals surface area (Å²) >= 11 is 5.07. The van der Waals surface area contributed by atoms with E-state index >= 15 is 0 Å². The van der Waals surface area contributed by atoms with Gasteiger partial charge in [-0.15, -0.1) is 0 Å². The van der Waals surface area contributed by atoms with E-state index in [0.29, 0.717) is 23.6 Å². The Kier molecular flexibility index (Phi) is 6.13. The van der Waals surface area contributed by atoms with E-state index in [0.717, 1.165) is 30.0 Å². The molecular formula is C21H22F3NO2S. The van der Waals surface area contributed by atoms with Crippen LogP contribution in [0.25, 0.3) is 0 Å². The van der Waals surface area contributed by atoms with Gasteiger partial charge in [-0.05, 0) is 66.7 Å². The van der Waals surface area contributed by atoms with Crippen LogP contribution in [0, 0.1) is 0 Å². The van der Waals surface area contributed by atoms with Crippen molar-refractivity contribution in [1.29, 1.82) is 0 Å². The highest BCUT2D eigenvalue weighted by atomic mass is 32.1. The predicted octanol–water partition coefficient (Wildman–Crippen LogP) is 6.07. The van der Waals surface area contributed by atoms with E-state index in [9.17, 15) is 13.2 Å². The zero-order chi connectivity index (χ0) is 20.3. The van der Waals surface area contributed by atoms with Crippen molar-refractivity contribution in [2.75, 3.05) is 12.4 Å². The van der Waals surface area contributed by atoms with Crippen molar-refractivity contribution < 1.29 is 22.6 Å². The highest BCUT2D eigenvalue weighted by Crippen LogP contribution is 2.44. The van der Waals surface area contributed by atoms with Gasteiger partial charge in [-0.3, -0.25) is 0 Å². The number of hydrogen-bond donors (Lipinski definition) is 1. The molecule has 1 N–H and O–H groups in total. The number of methoxy groups -OCH3 is 1. The maximum atomic E-state index is 13.5. The Morgan fingerprint density at radius 3 is 2.57 bits per heavy atom. The normalized spacial score (nSPS) is 13.9. The Morgan fingerprint density at radius 2 is 1.96 bits per heavy atom. The topological polar surface area (TPSA) is 30.5 Å². The first-order valence-corrected chi connectivity index (χ1v) is 9.54. The molecule has 1 aliphatic carbocycles. The van der Waals surface area contributed by atoms with E-state index in [4.69, 9.17) is 21.7 Å². The van der Waals surface area contributed by atoms with Crippen LogP contribution in [0.15, 0.2) is 36.4 Å². The van der Waals surface area contributed by atoms with E-state index in [1.165, 1.54) is 13.2 Å². The Hall–Kier alpha value is -2.28. The Morgan fingerprint density at radius 1 is 1.21 bits per heavy atom. The summed E-state index contributed by atoms with van der Waals surface area (Å²) in [7, 11) is 1.46. The smallest absolute Gasteiger partial charge is 0.419 e. The molecular weight excluding hydrogens is 387 g/mol. The van der Waals surface area contributed by atoms with E-state index in [2.05, 4.69) is 5.32 Å². The number of rotatable bonds is 6. The molecule has 0 amide bonds. The number of nitrogens with one attached hydrogen (secondary N) is 1. The van der Waals surface area contributed by atoms with Crippen molar-refractivity contribution in [3.05, 3.63) is 58.7 Å². The van der Waals surface area contributed by atoms with Gasteiger partial charge in [-0.25, -0.2) is 0 Å². The molecule has 2 aromatic rings. The second-order valence-corrected chi connectivity index (χ2v) is 7.11. The lowest BCUT2D eigenvalue weighted by Gasteiger charge is -2.19. The molecule has 0 bridgehead atoms. The average molecular weight is 409 g/mol. The fourth-order valence-corrected chi connectivity index (χ4v) is 3.23. The van der Waals surface area contributed by atoms with Crippen LogP contribution in [0.1, 0.15) is 47.9 Å². The summed E-state index contributed by atoms with van der Waals surface area (Å²) in [6.07, 6.45) is -1.83. The number of benzene rings is 2. The van der Waals surface area contributed by atoms with E-state index in [-0.39, 0.29) is 17.5 Å². The highest BCUT2D eigenvalue weighted by molar-refractivity contribution is 7.80. The summed E-state index contributed by atoms with van der Waals surface area (Å²) < 4.78 is 51.1. The molecule has 1 aliphatic rings. The third kappa shape index (κ3) is 4.76. The van der Waals surface area contributed by atoms with Gasteiger partial charge in [0.25, 0.3) is 5.17 Å². The summed E-state index contributed by atoms with van der Waals surface area (Å²) in [6, 6.07) is 9.92. The van der Waals surface area contributed by atoms with Gasteiger partial charge >= 0.3 is 6.18 Å². The molecule has 2 aromatic carbocycles. The molecule has 0 radical (unpaired) electrons. The van der Waals surface area contributed by atoms with Crippen molar-refractivity contribution in [1.82, 2.24) is 0 Å². The van der Waals surface area contributed by atoms with Crippen molar-refractivity contribution in [3.63, 3.8) is 0 Å². The van der Waals surface area contributed by atoms with Crippen LogP contribution in [-0.2, 0) is 23.9 Å². The maximum absolute atomic E-state index is 13.5. The van der Waals surface area contributed by atoms with Crippen molar-refractivity contribution >= 4 is 23.1 Å². The second-order valence-electron chi connectivity index (χ2n) is 6.73. The molecule has 0 aliphatic heterocycles. The Bertz CT molecular complexity index is 863. The second kappa shape index (κ2) is 8.39. The standard InChI is InChI=1S/C21H22F3NO2S/c1-3-13-7-10-19(17(11-13)21(22,23)24)27-12-16-15(14-8-9-14)5-4-6-18(16)25-20(28)26-2/h4-7,10-11,14H,3,8-9,12H2,1-2H3,(H,25,28). The summed E-state index contributed by atoms with van der Waals surface area (Å²) in [5, 5.41) is 3.18. The molecule has 28 heavy (non-hydrogen) atoms. The Balaban J connectivity index is 1.91. The summed E-state index contributed by atoms with van der Waals surface area (Å²) in [5.74, 6) is 0.233. The quantitative estimate of drug-likeness (QED) is 0.587. The zero-order valence-electron chi connectivity index (χ0n) is 15.7. The molecule has 7 heteroatoms. The molecule has 150 valence electrons. The maximum Gasteiger partial charge on any atom is 0.419 e. The molecule has 0 unspecified atom stereocenters. The molecule has 1 saturated carbocycles. The monoisotopic (exact) mass is 409 g/mol. The first-order valence-electron chi connectivity index (χ1n) is 9.13. The lowest BCUT2D eigenvalue weighted by Crippen LogP contribution is -2.15. The molecule has 3 rings (SSSR count). The summed E-state index contributed by atoms with van der Waals surface area (Å²) in [6.45, 7) is 1.83. The van der Waals surface area contributed by atoms with Crippen molar-refractivity contribution in [3.8, 4) is 5.75 Å². The first kappa shape index (κ1) is 20.5. The minimum absolute atomic E-state index is 0.00981. The SMILES string of the molecule is CCc1ccc(OCc2c(NC(=S)OC)cccc2C2CC2)c(C(F)(F)F)c1. The minimum Gasteiger partial charge on any atom is -0.488 e. The third-order valence-electron chi connectivity index (χ3n) is 4.78. The number of ether oxygens (including phenoxy) is 2. The van der Waals surface area contributed by atoms with E-state index in [1.54, 1.807) is 6.07 Å². The Labute approximate surface area is 167 Å². The van der Waals surface area contributed by atoms with E-state index in [1.807, 2.05) is 25.1 Å². The van der Waals surface area contributed by atoms with Crippen molar-refractivity contribution in [2.24, 2.45) is 0 Å². The number of thiocarbonyl (C=S) groups is 1. The van der Waals surface area contributed by atoms with Crippen LogP contribution in [0.2, 0.25) is 0 Å². The van der Waals surface area contributed by atoms with Crippen LogP contribution in [0.5, 0.6) is 5.75 Å². The lowest BCUT2D eigenvalue weighted by molar-refractivity contribution is -0.139. The number of anilines is 1. The van der Waals surface area contributed by atoms with Crippen molar-refractivity contribution in [2.45, 2.75) is 44.9 Å². The number of halogens is 3. The largest absolute Gasteiger partial charge is 0.488 e. The molecule has 1 fully saturated rings. The van der Waals surface area contributed by atoms with Gasteiger partial charge in [0.05, 0.1) is 12.7 Å². The van der Waals surface area contributed by atoms with Crippen LogP contribution >= 0.6 is 12.2 Å². The zero-order valence-corrected chi connectivity index (χ0v) is 16.5. The highest BCUT2D eigenvalue weighted by Gasteiger charge is 2.35. The molecule has 0 heterocycles. The van der Waals surface area contributed by atoms with Crippen LogP contribution in [0.3, 0.4) is 0 Å².